The molecule has 0 aliphatic heterocycles. The second-order valence-corrected chi connectivity index (χ2v) is 8.80. The number of hydrogen-bond donors (Lipinski definition) is 2. The van der Waals surface area contributed by atoms with Crippen LogP contribution in [0.4, 0.5) is 0 Å². The van der Waals surface area contributed by atoms with Gasteiger partial charge in [0.15, 0.2) is 5.82 Å². The van der Waals surface area contributed by atoms with Crippen molar-refractivity contribution in [2.45, 2.75) is 31.6 Å². The van der Waals surface area contributed by atoms with Gasteiger partial charge in [-0.3, -0.25) is 0 Å². The molecular formula is C22H24N4O3S. The number of aliphatic hydroxyl groups is 1. The van der Waals surface area contributed by atoms with Crippen LogP contribution in [-0.4, -0.2) is 40.9 Å². The van der Waals surface area contributed by atoms with Crippen LogP contribution in [0.5, 0.6) is 0 Å². The van der Waals surface area contributed by atoms with Crippen LogP contribution in [0.25, 0.3) is 22.4 Å². The maximum Gasteiger partial charge on any atom is 0.243 e. The molecule has 2 aromatic carbocycles. The summed E-state index contributed by atoms with van der Waals surface area (Å²) in [5.74, 6) is -0.00978. The lowest BCUT2D eigenvalue weighted by molar-refractivity contribution is 0.410. The summed E-state index contributed by atoms with van der Waals surface area (Å²) in [6, 6.07) is 15.2. The number of H-pyrrole nitrogens is 1. The Balaban J connectivity index is 1.96. The smallest absolute Gasteiger partial charge is 0.243 e. The van der Waals surface area contributed by atoms with Crippen molar-refractivity contribution < 1.29 is 13.5 Å². The molecule has 0 unspecified atom stereocenters. The number of allylic oxidation sites excluding steroid dienone is 1. The van der Waals surface area contributed by atoms with E-state index in [-0.39, 0.29) is 22.1 Å². The van der Waals surface area contributed by atoms with E-state index in [1.54, 1.807) is 6.07 Å². The SMILES string of the molecule is CCCN(CCC)S(=O)(=O)c1ccc(/C(O)=C(\C#N)c2nc3ccccc3[nH]2)cc1. The Hall–Kier alpha value is -3.15. The normalized spacial score (nSPS) is 12.7. The molecule has 0 bridgehead atoms. The number of nitrogens with one attached hydrogen (secondary N) is 1. The van der Waals surface area contributed by atoms with E-state index in [2.05, 4.69) is 9.97 Å². The highest BCUT2D eigenvalue weighted by Crippen LogP contribution is 2.26. The highest BCUT2D eigenvalue weighted by Gasteiger charge is 2.23. The third-order valence-electron chi connectivity index (χ3n) is 4.69. The number of sulfonamides is 1. The van der Waals surface area contributed by atoms with Gasteiger partial charge >= 0.3 is 0 Å². The summed E-state index contributed by atoms with van der Waals surface area (Å²) in [6.07, 6.45) is 1.45. The maximum absolute atomic E-state index is 12.9. The Morgan fingerprint density at radius 3 is 2.30 bits per heavy atom. The number of nitrogens with zero attached hydrogens (tertiary/aromatic N) is 3. The van der Waals surface area contributed by atoms with Gasteiger partial charge < -0.3 is 10.1 Å². The van der Waals surface area contributed by atoms with Gasteiger partial charge in [-0.05, 0) is 49.2 Å². The van der Waals surface area contributed by atoms with Crippen molar-refractivity contribution in [1.29, 1.82) is 5.26 Å². The lowest BCUT2D eigenvalue weighted by Gasteiger charge is -2.21. The van der Waals surface area contributed by atoms with Gasteiger partial charge in [0.25, 0.3) is 0 Å². The predicted octanol–water partition coefficient (Wildman–Crippen LogP) is 4.32. The Labute approximate surface area is 176 Å². The molecule has 156 valence electrons. The summed E-state index contributed by atoms with van der Waals surface area (Å²) >= 11 is 0. The molecule has 0 spiro atoms. The molecule has 2 N–H and O–H groups in total. The molecule has 7 nitrogen and oxygen atoms in total. The molecule has 8 heteroatoms. The largest absolute Gasteiger partial charge is 0.506 e. The molecule has 3 rings (SSSR count). The first-order valence-corrected chi connectivity index (χ1v) is 11.2. The lowest BCUT2D eigenvalue weighted by atomic mass is 10.1. The molecular weight excluding hydrogens is 400 g/mol. The van der Waals surface area contributed by atoms with Crippen molar-refractivity contribution in [1.82, 2.24) is 14.3 Å². The average molecular weight is 425 g/mol. The molecule has 0 saturated carbocycles. The standard InChI is InChI=1S/C22H24N4O3S/c1-3-13-26(14-4-2)30(28,29)17-11-9-16(10-12-17)21(27)18(15-23)22-24-19-7-5-6-8-20(19)25-22/h5-12,27H,3-4,13-14H2,1-2H3,(H,24,25)/b21-18-. The number of aliphatic hydroxyl groups excluding tert-OH is 1. The van der Waals surface area contributed by atoms with Gasteiger partial charge in [0.05, 0.1) is 15.9 Å². The fraction of sp³-hybridized carbons (Fsp3) is 0.273. The van der Waals surface area contributed by atoms with E-state index in [0.717, 1.165) is 18.4 Å². The quantitative estimate of drug-likeness (QED) is 0.413. The fourth-order valence-electron chi connectivity index (χ4n) is 3.22. The zero-order chi connectivity index (χ0) is 21.7. The van der Waals surface area contributed by atoms with Crippen molar-refractivity contribution >= 4 is 32.4 Å². The zero-order valence-electron chi connectivity index (χ0n) is 17.0. The number of rotatable bonds is 8. The first-order chi connectivity index (χ1) is 14.4. The van der Waals surface area contributed by atoms with E-state index in [0.29, 0.717) is 24.2 Å². The number of para-hydroxylation sites is 2. The van der Waals surface area contributed by atoms with Crippen molar-refractivity contribution in [3.8, 4) is 6.07 Å². The number of benzene rings is 2. The first-order valence-electron chi connectivity index (χ1n) is 9.81. The van der Waals surface area contributed by atoms with E-state index < -0.39 is 10.0 Å². The average Bonchev–Trinajstić information content (AvgIpc) is 3.18. The number of aromatic nitrogens is 2. The third-order valence-corrected chi connectivity index (χ3v) is 6.60. The minimum absolute atomic E-state index is 0.0135. The Kier molecular flexibility index (Phi) is 6.55. The summed E-state index contributed by atoms with van der Waals surface area (Å²) in [5, 5.41) is 20.2. The molecule has 0 aliphatic carbocycles. The summed E-state index contributed by atoms with van der Waals surface area (Å²) in [6.45, 7) is 4.78. The first kappa shape index (κ1) is 21.6. The van der Waals surface area contributed by atoms with Crippen LogP contribution >= 0.6 is 0 Å². The molecule has 0 amide bonds. The van der Waals surface area contributed by atoms with E-state index in [4.69, 9.17) is 0 Å². The Bertz CT molecular complexity index is 1170. The van der Waals surface area contributed by atoms with Crippen LogP contribution in [-0.2, 0) is 10.0 Å². The van der Waals surface area contributed by atoms with Crippen molar-refractivity contribution in [3.05, 3.63) is 59.9 Å². The van der Waals surface area contributed by atoms with E-state index in [1.807, 2.05) is 38.1 Å². The molecule has 0 aliphatic rings. The van der Waals surface area contributed by atoms with Crippen LogP contribution in [0.3, 0.4) is 0 Å². The summed E-state index contributed by atoms with van der Waals surface area (Å²) in [7, 11) is -3.61. The van der Waals surface area contributed by atoms with Gasteiger partial charge in [0.1, 0.15) is 17.4 Å². The predicted molar refractivity (Wildman–Crippen MR) is 117 cm³/mol. The molecule has 30 heavy (non-hydrogen) atoms. The second kappa shape index (κ2) is 9.11. The van der Waals surface area contributed by atoms with Crippen molar-refractivity contribution in [2.24, 2.45) is 0 Å². The van der Waals surface area contributed by atoms with E-state index >= 15 is 0 Å². The maximum atomic E-state index is 12.9. The van der Waals surface area contributed by atoms with Gasteiger partial charge in [0, 0.05) is 18.7 Å². The van der Waals surface area contributed by atoms with Gasteiger partial charge in [-0.25, -0.2) is 13.4 Å². The second-order valence-electron chi connectivity index (χ2n) is 6.87. The third kappa shape index (κ3) is 4.22. The molecule has 0 fully saturated rings. The van der Waals surface area contributed by atoms with Crippen molar-refractivity contribution in [3.63, 3.8) is 0 Å². The molecule has 3 aromatic rings. The monoisotopic (exact) mass is 424 g/mol. The molecule has 1 heterocycles. The molecule has 0 atom stereocenters. The summed E-state index contributed by atoms with van der Waals surface area (Å²) in [4.78, 5) is 7.53. The Morgan fingerprint density at radius 1 is 1.10 bits per heavy atom. The summed E-state index contributed by atoms with van der Waals surface area (Å²) < 4.78 is 27.2. The van der Waals surface area contributed by atoms with E-state index in [9.17, 15) is 18.8 Å². The number of fused-ring (bicyclic) bond motifs is 1. The number of hydrogen-bond acceptors (Lipinski definition) is 5. The fourth-order valence-corrected chi connectivity index (χ4v) is 4.84. The Morgan fingerprint density at radius 2 is 1.73 bits per heavy atom. The van der Waals surface area contributed by atoms with Gasteiger partial charge in [0.2, 0.25) is 10.0 Å². The van der Waals surface area contributed by atoms with Crippen LogP contribution in [0, 0.1) is 11.3 Å². The van der Waals surface area contributed by atoms with Gasteiger partial charge in [-0.15, -0.1) is 0 Å². The summed E-state index contributed by atoms with van der Waals surface area (Å²) in [5.41, 5.74) is 1.76. The van der Waals surface area contributed by atoms with Crippen molar-refractivity contribution in [2.75, 3.05) is 13.1 Å². The van der Waals surface area contributed by atoms with E-state index in [1.165, 1.54) is 28.6 Å². The minimum Gasteiger partial charge on any atom is -0.506 e. The van der Waals surface area contributed by atoms with Crippen LogP contribution in [0.1, 0.15) is 38.1 Å². The highest BCUT2D eigenvalue weighted by atomic mass is 32.2. The highest BCUT2D eigenvalue weighted by molar-refractivity contribution is 7.89. The molecule has 1 aromatic heterocycles. The lowest BCUT2D eigenvalue weighted by Crippen LogP contribution is -2.32. The number of aromatic amines is 1. The zero-order valence-corrected chi connectivity index (χ0v) is 17.8. The minimum atomic E-state index is -3.61. The van der Waals surface area contributed by atoms with Crippen LogP contribution in [0.15, 0.2) is 53.4 Å². The molecule has 0 radical (unpaired) electrons. The van der Waals surface area contributed by atoms with Crippen LogP contribution < -0.4 is 0 Å². The van der Waals surface area contributed by atoms with Gasteiger partial charge in [-0.2, -0.15) is 9.57 Å². The molecule has 0 saturated heterocycles. The number of imidazole rings is 1. The topological polar surface area (TPSA) is 110 Å². The van der Waals surface area contributed by atoms with Gasteiger partial charge in [-0.1, -0.05) is 26.0 Å². The van der Waals surface area contributed by atoms with Crippen LogP contribution in [0.2, 0.25) is 0 Å². The number of nitriles is 1.